The van der Waals surface area contributed by atoms with Gasteiger partial charge in [0, 0.05) is 50.7 Å². The van der Waals surface area contributed by atoms with E-state index in [1.54, 1.807) is 0 Å². The molecule has 2 aromatic heterocycles. The third-order valence-electron chi connectivity index (χ3n) is 6.64. The predicted octanol–water partition coefficient (Wildman–Crippen LogP) is 1.12. The molecule has 0 atom stereocenters. The van der Waals surface area contributed by atoms with Crippen LogP contribution in [0.1, 0.15) is 42.5 Å². The van der Waals surface area contributed by atoms with Gasteiger partial charge in [-0.25, -0.2) is 10.8 Å². The molecular weight excluding hydrogens is 438 g/mol. The number of anilines is 1. The highest BCUT2D eigenvalue weighted by molar-refractivity contribution is 6.45. The van der Waals surface area contributed by atoms with Gasteiger partial charge in [-0.15, -0.1) is 0 Å². The van der Waals surface area contributed by atoms with E-state index in [4.69, 9.17) is 16.3 Å². The third-order valence-corrected chi connectivity index (χ3v) is 6.64. The van der Waals surface area contributed by atoms with Crippen molar-refractivity contribution in [3.63, 3.8) is 0 Å². The molecule has 2 amide bonds. The summed E-state index contributed by atoms with van der Waals surface area (Å²) in [5, 5.41) is 1.62. The molecule has 0 spiro atoms. The maximum absolute atomic E-state index is 13.2. The zero-order valence-electron chi connectivity index (χ0n) is 19.3. The molecule has 0 unspecified atom stereocenters. The van der Waals surface area contributed by atoms with E-state index in [2.05, 4.69) is 9.97 Å². The summed E-state index contributed by atoms with van der Waals surface area (Å²) in [6.45, 7) is 1.53. The number of nitrogens with two attached hydrogens (primary N) is 2. The standard InChI is InChI=1S/C23H31N7O4/c1-34-17-14-27-21(30(25)8-7-24)19-18(17)16(13-26-19)20(31)23(33)29-11-9-28(10-12-29)22(32)15-5-3-2-4-6-15/h7-8,13-15,26H,2-6,9-12,24-25H2,1H3/b8-7-. The first-order valence-electron chi connectivity index (χ1n) is 11.5. The molecule has 3 heterocycles. The Bertz CT molecular complexity index is 1100. The van der Waals surface area contributed by atoms with E-state index in [1.807, 2.05) is 4.90 Å². The summed E-state index contributed by atoms with van der Waals surface area (Å²) in [5.41, 5.74) is 6.04. The Labute approximate surface area is 197 Å². The van der Waals surface area contributed by atoms with Crippen molar-refractivity contribution in [2.24, 2.45) is 17.5 Å². The molecule has 4 rings (SSSR count). The van der Waals surface area contributed by atoms with Gasteiger partial charge in [0.15, 0.2) is 5.82 Å². The van der Waals surface area contributed by atoms with Crippen LogP contribution in [0.3, 0.4) is 0 Å². The lowest BCUT2D eigenvalue weighted by Crippen LogP contribution is -2.53. The van der Waals surface area contributed by atoms with Crippen LogP contribution in [-0.2, 0) is 9.59 Å². The Morgan fingerprint density at radius 2 is 1.82 bits per heavy atom. The summed E-state index contributed by atoms with van der Waals surface area (Å²) in [4.78, 5) is 49.7. The van der Waals surface area contributed by atoms with Crippen LogP contribution < -0.4 is 21.3 Å². The molecule has 182 valence electrons. The fraction of sp³-hybridized carbons (Fsp3) is 0.478. The van der Waals surface area contributed by atoms with Gasteiger partial charge in [-0.05, 0) is 12.8 Å². The van der Waals surface area contributed by atoms with E-state index in [0.717, 1.165) is 25.7 Å². The lowest BCUT2D eigenvalue weighted by molar-refractivity contribution is -0.141. The fourth-order valence-corrected chi connectivity index (χ4v) is 4.79. The van der Waals surface area contributed by atoms with E-state index in [9.17, 15) is 14.4 Å². The number of nitrogens with zero attached hydrogens (tertiary/aromatic N) is 4. The van der Waals surface area contributed by atoms with Gasteiger partial charge in [0.1, 0.15) is 5.75 Å². The van der Waals surface area contributed by atoms with Crippen LogP contribution in [0.5, 0.6) is 5.75 Å². The van der Waals surface area contributed by atoms with Crippen molar-refractivity contribution in [3.8, 4) is 5.75 Å². The SMILES string of the molecule is COc1cnc(N(N)/C=C\N)c2[nH]cc(C(=O)C(=O)N3CCN(C(=O)C4CCCCC4)CC3)c12. The molecule has 34 heavy (non-hydrogen) atoms. The maximum atomic E-state index is 13.2. The summed E-state index contributed by atoms with van der Waals surface area (Å²) < 4.78 is 5.39. The highest BCUT2D eigenvalue weighted by atomic mass is 16.5. The number of H-pyrrole nitrogens is 1. The number of hydrazine groups is 1. The van der Waals surface area contributed by atoms with Crippen molar-refractivity contribution < 1.29 is 19.1 Å². The van der Waals surface area contributed by atoms with Crippen LogP contribution in [0.25, 0.3) is 10.9 Å². The molecule has 1 aliphatic carbocycles. The number of hydrogen-bond acceptors (Lipinski definition) is 8. The van der Waals surface area contributed by atoms with E-state index in [0.29, 0.717) is 48.6 Å². The lowest BCUT2D eigenvalue weighted by atomic mass is 9.88. The highest BCUT2D eigenvalue weighted by Crippen LogP contribution is 2.33. The summed E-state index contributed by atoms with van der Waals surface area (Å²) in [6, 6.07) is 0. The van der Waals surface area contributed by atoms with Gasteiger partial charge in [0.25, 0.3) is 11.7 Å². The van der Waals surface area contributed by atoms with E-state index >= 15 is 0 Å². The monoisotopic (exact) mass is 469 g/mol. The first kappa shape index (κ1) is 23.6. The topological polar surface area (TPSA) is 151 Å². The zero-order valence-corrected chi connectivity index (χ0v) is 19.3. The number of fused-ring (bicyclic) bond motifs is 1. The van der Waals surface area contributed by atoms with Gasteiger partial charge in [-0.1, -0.05) is 19.3 Å². The first-order valence-corrected chi connectivity index (χ1v) is 11.5. The zero-order chi connectivity index (χ0) is 24.2. The van der Waals surface area contributed by atoms with E-state index in [1.165, 1.54) is 48.2 Å². The summed E-state index contributed by atoms with van der Waals surface area (Å²) in [7, 11) is 1.46. The minimum Gasteiger partial charge on any atom is -0.494 e. The number of hydrogen-bond donors (Lipinski definition) is 3. The van der Waals surface area contributed by atoms with Crippen LogP contribution in [0.4, 0.5) is 5.82 Å². The number of rotatable bonds is 6. The Kier molecular flexibility index (Phi) is 7.01. The molecule has 5 N–H and O–H groups in total. The highest BCUT2D eigenvalue weighted by Gasteiger charge is 2.33. The van der Waals surface area contributed by atoms with Crippen molar-refractivity contribution in [2.75, 3.05) is 38.3 Å². The molecule has 11 nitrogen and oxygen atoms in total. The second-order valence-corrected chi connectivity index (χ2v) is 8.63. The van der Waals surface area contributed by atoms with Crippen LogP contribution in [0, 0.1) is 5.92 Å². The van der Waals surface area contributed by atoms with Gasteiger partial charge >= 0.3 is 0 Å². The average Bonchev–Trinajstić information content (AvgIpc) is 3.33. The number of pyridine rings is 1. The van der Waals surface area contributed by atoms with Crippen LogP contribution >= 0.6 is 0 Å². The number of aromatic nitrogens is 2. The molecular formula is C23H31N7O4. The smallest absolute Gasteiger partial charge is 0.295 e. The molecule has 1 aliphatic heterocycles. The number of piperazine rings is 1. The van der Waals surface area contributed by atoms with Gasteiger partial charge in [0.05, 0.1) is 29.8 Å². The molecule has 1 saturated heterocycles. The minimum absolute atomic E-state index is 0.0929. The molecule has 0 bridgehead atoms. The molecule has 1 saturated carbocycles. The van der Waals surface area contributed by atoms with Crippen LogP contribution in [0.15, 0.2) is 24.8 Å². The Morgan fingerprint density at radius 3 is 2.47 bits per heavy atom. The summed E-state index contributed by atoms with van der Waals surface area (Å²) in [5.74, 6) is 5.62. The van der Waals surface area contributed by atoms with Crippen molar-refractivity contribution in [1.82, 2.24) is 19.8 Å². The normalized spacial score (nSPS) is 17.4. The number of ether oxygens (including phenoxy) is 1. The van der Waals surface area contributed by atoms with Crippen LogP contribution in [0.2, 0.25) is 0 Å². The number of carbonyl (C=O) groups is 3. The third kappa shape index (κ3) is 4.43. The van der Waals surface area contributed by atoms with Crippen molar-refractivity contribution in [3.05, 3.63) is 30.4 Å². The minimum atomic E-state index is -0.660. The van der Waals surface area contributed by atoms with Gasteiger partial charge in [-0.2, -0.15) is 0 Å². The number of ketones is 1. The Hall–Kier alpha value is -3.60. The Morgan fingerprint density at radius 1 is 1.15 bits per heavy atom. The molecule has 2 aliphatic rings. The molecule has 2 aromatic rings. The number of carbonyl (C=O) groups excluding carboxylic acids is 3. The molecule has 11 heteroatoms. The van der Waals surface area contributed by atoms with Crippen molar-refractivity contribution in [2.45, 2.75) is 32.1 Å². The fourth-order valence-electron chi connectivity index (χ4n) is 4.79. The lowest BCUT2D eigenvalue weighted by Gasteiger charge is -2.36. The van der Waals surface area contributed by atoms with Gasteiger partial charge in [-0.3, -0.25) is 19.4 Å². The number of Topliss-reactive ketones (excluding diaryl/α,β-unsaturated/α-hetero) is 1. The van der Waals surface area contributed by atoms with Crippen LogP contribution in [-0.4, -0.2) is 70.7 Å². The molecule has 2 fully saturated rings. The van der Waals surface area contributed by atoms with Gasteiger partial charge in [0.2, 0.25) is 5.91 Å². The Balaban J connectivity index is 1.50. The summed E-state index contributed by atoms with van der Waals surface area (Å²) in [6.07, 6.45) is 10.8. The second-order valence-electron chi connectivity index (χ2n) is 8.63. The average molecular weight is 470 g/mol. The quantitative estimate of drug-likeness (QED) is 0.246. The predicted molar refractivity (Wildman–Crippen MR) is 127 cm³/mol. The second kappa shape index (κ2) is 10.1. The molecule has 0 aromatic carbocycles. The van der Waals surface area contributed by atoms with Crippen molar-refractivity contribution >= 4 is 34.3 Å². The van der Waals surface area contributed by atoms with E-state index < -0.39 is 11.7 Å². The molecule has 0 radical (unpaired) electrons. The number of nitrogens with one attached hydrogen (secondary N) is 1. The number of aromatic amines is 1. The number of methoxy groups -OCH3 is 1. The van der Waals surface area contributed by atoms with Gasteiger partial charge < -0.3 is 25.3 Å². The van der Waals surface area contributed by atoms with Crippen molar-refractivity contribution in [1.29, 1.82) is 0 Å². The number of amides is 2. The summed E-state index contributed by atoms with van der Waals surface area (Å²) >= 11 is 0. The largest absolute Gasteiger partial charge is 0.494 e. The maximum Gasteiger partial charge on any atom is 0.295 e. The first-order chi connectivity index (χ1) is 16.5. The van der Waals surface area contributed by atoms with E-state index in [-0.39, 0.29) is 17.4 Å².